The van der Waals surface area contributed by atoms with Crippen LogP contribution in [0.25, 0.3) is 0 Å². The second-order valence-electron chi connectivity index (χ2n) is 9.13. The number of likely N-dealkylation sites (N-methyl/N-ethyl adjacent to an activating group) is 1. The summed E-state index contributed by atoms with van der Waals surface area (Å²) in [6.45, 7) is 4.11. The van der Waals surface area contributed by atoms with Crippen molar-refractivity contribution >= 4 is 27.5 Å². The summed E-state index contributed by atoms with van der Waals surface area (Å²) in [6.07, 6.45) is 5.55. The van der Waals surface area contributed by atoms with E-state index in [1.54, 1.807) is 27.4 Å². The van der Waals surface area contributed by atoms with E-state index in [0.717, 1.165) is 44.3 Å². The third kappa shape index (κ3) is 5.00. The van der Waals surface area contributed by atoms with Crippen molar-refractivity contribution in [3.63, 3.8) is 0 Å². The van der Waals surface area contributed by atoms with E-state index in [-0.39, 0.29) is 23.3 Å². The molecule has 3 aliphatic heterocycles. The van der Waals surface area contributed by atoms with Crippen molar-refractivity contribution < 1.29 is 18.0 Å². The first-order valence-electron chi connectivity index (χ1n) is 11.8. The third-order valence-electron chi connectivity index (χ3n) is 6.83. The molecule has 3 heterocycles. The van der Waals surface area contributed by atoms with E-state index in [0.29, 0.717) is 51.1 Å². The van der Waals surface area contributed by atoms with Crippen molar-refractivity contribution in [2.75, 3.05) is 57.8 Å². The highest BCUT2D eigenvalue weighted by Crippen LogP contribution is 2.31. The first-order chi connectivity index (χ1) is 15.4. The molecule has 0 aliphatic carbocycles. The predicted molar refractivity (Wildman–Crippen MR) is 123 cm³/mol. The van der Waals surface area contributed by atoms with Crippen LogP contribution in [0.3, 0.4) is 0 Å². The van der Waals surface area contributed by atoms with Crippen molar-refractivity contribution in [2.24, 2.45) is 0 Å². The first-order valence-corrected chi connectivity index (χ1v) is 13.2. The van der Waals surface area contributed by atoms with Crippen molar-refractivity contribution in [2.45, 2.75) is 49.8 Å². The van der Waals surface area contributed by atoms with Gasteiger partial charge in [0.25, 0.3) is 0 Å². The Balaban J connectivity index is 1.57. The van der Waals surface area contributed by atoms with E-state index in [4.69, 9.17) is 0 Å². The number of carbonyl (C=O) groups is 2. The van der Waals surface area contributed by atoms with E-state index < -0.39 is 10.0 Å². The maximum absolute atomic E-state index is 13.2. The molecule has 0 unspecified atom stereocenters. The predicted octanol–water partition coefficient (Wildman–Crippen LogP) is 1.69. The summed E-state index contributed by atoms with van der Waals surface area (Å²) >= 11 is 0. The molecule has 0 bridgehead atoms. The number of piperazine rings is 1. The van der Waals surface area contributed by atoms with Gasteiger partial charge in [0.2, 0.25) is 21.8 Å². The standard InChI is InChI=1S/C23H34N4O4S/c1-24-13-15-25(16-14-24)23(29)18-27-21-10-9-20(17-19(21)7-6-8-22(27)28)32(30,31)26-11-4-2-3-5-12-26/h9-10,17H,2-8,11-16,18H2,1H3. The van der Waals surface area contributed by atoms with Gasteiger partial charge in [0.15, 0.2) is 0 Å². The van der Waals surface area contributed by atoms with Crippen molar-refractivity contribution in [3.05, 3.63) is 23.8 Å². The topological polar surface area (TPSA) is 81.2 Å². The van der Waals surface area contributed by atoms with Crippen LogP contribution in [0.4, 0.5) is 5.69 Å². The Morgan fingerprint density at radius 1 is 0.906 bits per heavy atom. The van der Waals surface area contributed by atoms with Crippen LogP contribution in [0.2, 0.25) is 0 Å². The highest BCUT2D eigenvalue weighted by atomic mass is 32.2. The number of carbonyl (C=O) groups excluding carboxylic acids is 2. The number of hydrogen-bond donors (Lipinski definition) is 0. The molecule has 0 aromatic heterocycles. The van der Waals surface area contributed by atoms with E-state index >= 15 is 0 Å². The monoisotopic (exact) mass is 462 g/mol. The lowest BCUT2D eigenvalue weighted by molar-refractivity contribution is -0.132. The van der Waals surface area contributed by atoms with Crippen LogP contribution in [-0.4, -0.2) is 87.2 Å². The smallest absolute Gasteiger partial charge is 0.243 e. The van der Waals surface area contributed by atoms with E-state index in [2.05, 4.69) is 4.90 Å². The Morgan fingerprint density at radius 3 is 2.28 bits per heavy atom. The fraction of sp³-hybridized carbons (Fsp3) is 0.652. The number of aryl methyl sites for hydroxylation is 1. The Kier molecular flexibility index (Phi) is 7.17. The molecule has 32 heavy (non-hydrogen) atoms. The molecule has 4 rings (SSSR count). The quantitative estimate of drug-likeness (QED) is 0.680. The molecule has 0 atom stereocenters. The van der Waals surface area contributed by atoms with Crippen LogP contribution in [0.1, 0.15) is 44.1 Å². The molecule has 9 heteroatoms. The zero-order valence-corrected chi connectivity index (χ0v) is 19.8. The van der Waals surface area contributed by atoms with Crippen molar-refractivity contribution in [1.82, 2.24) is 14.1 Å². The lowest BCUT2D eigenvalue weighted by atomic mass is 10.1. The Morgan fingerprint density at radius 2 is 1.59 bits per heavy atom. The molecule has 2 saturated heterocycles. The summed E-state index contributed by atoms with van der Waals surface area (Å²) in [7, 11) is -1.52. The number of fused-ring (bicyclic) bond motifs is 1. The van der Waals surface area contributed by atoms with Crippen LogP contribution < -0.4 is 4.90 Å². The van der Waals surface area contributed by atoms with Crippen molar-refractivity contribution in [3.8, 4) is 0 Å². The number of benzene rings is 1. The number of anilines is 1. The van der Waals surface area contributed by atoms with Gasteiger partial charge in [-0.15, -0.1) is 0 Å². The number of rotatable bonds is 4. The maximum atomic E-state index is 13.2. The largest absolute Gasteiger partial charge is 0.339 e. The minimum absolute atomic E-state index is 0.00771. The van der Waals surface area contributed by atoms with Gasteiger partial charge in [-0.25, -0.2) is 8.42 Å². The van der Waals surface area contributed by atoms with Gasteiger partial charge < -0.3 is 14.7 Å². The maximum Gasteiger partial charge on any atom is 0.243 e. The number of hydrogen-bond acceptors (Lipinski definition) is 5. The zero-order valence-electron chi connectivity index (χ0n) is 19.0. The molecule has 2 fully saturated rings. The average Bonchev–Trinajstić information content (AvgIpc) is 3.14. The molecule has 0 N–H and O–H groups in total. The molecular weight excluding hydrogens is 428 g/mol. The van der Waals surface area contributed by atoms with Gasteiger partial charge in [-0.2, -0.15) is 4.31 Å². The number of amides is 2. The summed E-state index contributed by atoms with van der Waals surface area (Å²) in [5, 5.41) is 0. The van der Waals surface area contributed by atoms with Gasteiger partial charge in [-0.1, -0.05) is 12.8 Å². The summed E-state index contributed by atoms with van der Waals surface area (Å²) < 4.78 is 28.1. The van der Waals surface area contributed by atoms with Crippen LogP contribution >= 0.6 is 0 Å². The summed E-state index contributed by atoms with van der Waals surface area (Å²) in [6, 6.07) is 5.05. The number of sulfonamides is 1. The van der Waals surface area contributed by atoms with Gasteiger partial charge in [-0.3, -0.25) is 9.59 Å². The second-order valence-corrected chi connectivity index (χ2v) is 11.1. The first kappa shape index (κ1) is 23.2. The Bertz CT molecular complexity index is 949. The SMILES string of the molecule is CN1CCN(C(=O)CN2C(=O)CCCc3cc(S(=O)(=O)N4CCCCCC4)ccc32)CC1. The second kappa shape index (κ2) is 9.89. The molecule has 1 aromatic rings. The Labute approximate surface area is 191 Å². The average molecular weight is 463 g/mol. The third-order valence-corrected chi connectivity index (χ3v) is 8.73. The molecule has 3 aliphatic rings. The highest BCUT2D eigenvalue weighted by Gasteiger charge is 2.30. The molecular formula is C23H34N4O4S. The van der Waals surface area contributed by atoms with Gasteiger partial charge >= 0.3 is 0 Å². The van der Waals surface area contributed by atoms with E-state index in [1.165, 1.54) is 0 Å². The lowest BCUT2D eigenvalue weighted by Gasteiger charge is -2.34. The lowest BCUT2D eigenvalue weighted by Crippen LogP contribution is -2.50. The molecule has 0 radical (unpaired) electrons. The van der Waals surface area contributed by atoms with Gasteiger partial charge in [0, 0.05) is 51.4 Å². The van der Waals surface area contributed by atoms with Crippen LogP contribution in [0.15, 0.2) is 23.1 Å². The summed E-state index contributed by atoms with van der Waals surface area (Å²) in [5.74, 6) is -0.130. The molecule has 2 amide bonds. The summed E-state index contributed by atoms with van der Waals surface area (Å²) in [4.78, 5) is 31.6. The molecule has 176 valence electrons. The van der Waals surface area contributed by atoms with E-state index in [1.807, 2.05) is 11.9 Å². The van der Waals surface area contributed by atoms with Crippen molar-refractivity contribution in [1.29, 1.82) is 0 Å². The van der Waals surface area contributed by atoms with Crippen LogP contribution in [0.5, 0.6) is 0 Å². The normalized spacial score (nSPS) is 21.7. The molecule has 8 nitrogen and oxygen atoms in total. The number of nitrogens with zero attached hydrogens (tertiary/aromatic N) is 4. The minimum atomic E-state index is -3.56. The summed E-state index contributed by atoms with van der Waals surface area (Å²) in [5.41, 5.74) is 1.50. The minimum Gasteiger partial charge on any atom is -0.339 e. The highest BCUT2D eigenvalue weighted by molar-refractivity contribution is 7.89. The van der Waals surface area contributed by atoms with Crippen LogP contribution in [-0.2, 0) is 26.0 Å². The van der Waals surface area contributed by atoms with Gasteiger partial charge in [0.05, 0.1) is 4.90 Å². The van der Waals surface area contributed by atoms with Gasteiger partial charge in [0.1, 0.15) is 6.54 Å². The van der Waals surface area contributed by atoms with Gasteiger partial charge in [-0.05, 0) is 56.5 Å². The molecule has 0 spiro atoms. The fourth-order valence-corrected chi connectivity index (χ4v) is 6.35. The molecule has 0 saturated carbocycles. The Hall–Kier alpha value is -1.97. The fourth-order valence-electron chi connectivity index (χ4n) is 4.78. The molecule has 1 aromatic carbocycles. The van der Waals surface area contributed by atoms with Crippen LogP contribution in [0, 0.1) is 0 Å². The zero-order chi connectivity index (χ0) is 22.7. The van der Waals surface area contributed by atoms with E-state index in [9.17, 15) is 18.0 Å².